The summed E-state index contributed by atoms with van der Waals surface area (Å²) in [4.78, 5) is 0. The molecule has 0 aliphatic carbocycles. The summed E-state index contributed by atoms with van der Waals surface area (Å²) in [7, 11) is 1.85. The Balaban J connectivity index is 2.43. The van der Waals surface area contributed by atoms with E-state index in [4.69, 9.17) is 0 Å². The van der Waals surface area contributed by atoms with Gasteiger partial charge in [-0.05, 0) is 35.7 Å². The predicted molar refractivity (Wildman–Crippen MR) is 90.1 cm³/mol. The van der Waals surface area contributed by atoms with Crippen molar-refractivity contribution >= 4 is 15.9 Å². The van der Waals surface area contributed by atoms with Gasteiger partial charge in [-0.1, -0.05) is 67.0 Å². The molecule has 2 rings (SSSR count). The number of halogens is 2. The first-order valence-corrected chi connectivity index (χ1v) is 7.85. The SMILES string of the molecule is CNC(c1ccc(C(C)(C)C)cc1)c1c(F)cccc1Br. The Hall–Kier alpha value is -1.19. The lowest BCUT2D eigenvalue weighted by atomic mass is 9.86. The summed E-state index contributed by atoms with van der Waals surface area (Å²) in [6.45, 7) is 6.56. The molecular formula is C18H21BrFN. The molecule has 0 saturated carbocycles. The number of rotatable bonds is 3. The van der Waals surface area contributed by atoms with Gasteiger partial charge in [-0.3, -0.25) is 0 Å². The lowest BCUT2D eigenvalue weighted by Crippen LogP contribution is -2.20. The summed E-state index contributed by atoms with van der Waals surface area (Å²) in [5.41, 5.74) is 3.08. The van der Waals surface area contributed by atoms with Crippen molar-refractivity contribution in [2.45, 2.75) is 32.2 Å². The van der Waals surface area contributed by atoms with Gasteiger partial charge in [0.15, 0.2) is 0 Å². The van der Waals surface area contributed by atoms with E-state index in [1.165, 1.54) is 11.6 Å². The molecule has 0 amide bonds. The number of nitrogens with one attached hydrogen (secondary N) is 1. The lowest BCUT2D eigenvalue weighted by Gasteiger charge is -2.22. The number of hydrogen-bond acceptors (Lipinski definition) is 1. The van der Waals surface area contributed by atoms with Gasteiger partial charge in [0.25, 0.3) is 0 Å². The molecule has 21 heavy (non-hydrogen) atoms. The maximum absolute atomic E-state index is 14.2. The van der Waals surface area contributed by atoms with E-state index in [-0.39, 0.29) is 17.3 Å². The second-order valence-electron chi connectivity index (χ2n) is 6.23. The van der Waals surface area contributed by atoms with Crippen molar-refractivity contribution in [3.63, 3.8) is 0 Å². The third kappa shape index (κ3) is 3.53. The van der Waals surface area contributed by atoms with Crippen molar-refractivity contribution in [2.75, 3.05) is 7.05 Å². The van der Waals surface area contributed by atoms with Gasteiger partial charge in [0.2, 0.25) is 0 Å². The van der Waals surface area contributed by atoms with Gasteiger partial charge in [0, 0.05) is 10.0 Å². The molecule has 0 fully saturated rings. The molecule has 3 heteroatoms. The van der Waals surface area contributed by atoms with Crippen molar-refractivity contribution in [1.82, 2.24) is 5.32 Å². The largest absolute Gasteiger partial charge is 0.309 e. The van der Waals surface area contributed by atoms with Crippen LogP contribution in [0.2, 0.25) is 0 Å². The fraction of sp³-hybridized carbons (Fsp3) is 0.333. The predicted octanol–water partition coefficient (Wildman–Crippen LogP) is 5.19. The van der Waals surface area contributed by atoms with Gasteiger partial charge in [0.1, 0.15) is 5.82 Å². The molecule has 0 bridgehead atoms. The highest BCUT2D eigenvalue weighted by molar-refractivity contribution is 9.10. The van der Waals surface area contributed by atoms with E-state index in [0.29, 0.717) is 5.56 Å². The van der Waals surface area contributed by atoms with Crippen LogP contribution in [0.25, 0.3) is 0 Å². The smallest absolute Gasteiger partial charge is 0.129 e. The third-order valence-electron chi connectivity index (χ3n) is 3.69. The Morgan fingerprint density at radius 3 is 2.14 bits per heavy atom. The summed E-state index contributed by atoms with van der Waals surface area (Å²) < 4.78 is 15.0. The summed E-state index contributed by atoms with van der Waals surface area (Å²) in [6.07, 6.45) is 0. The van der Waals surface area contributed by atoms with E-state index in [1.54, 1.807) is 6.07 Å². The van der Waals surface area contributed by atoms with E-state index >= 15 is 0 Å². The first-order valence-electron chi connectivity index (χ1n) is 7.06. The summed E-state index contributed by atoms with van der Waals surface area (Å²) in [5, 5.41) is 3.20. The second kappa shape index (κ2) is 6.29. The van der Waals surface area contributed by atoms with Gasteiger partial charge in [-0.25, -0.2) is 4.39 Å². The Labute approximate surface area is 134 Å². The highest BCUT2D eigenvalue weighted by Gasteiger charge is 2.20. The quantitative estimate of drug-likeness (QED) is 0.803. The number of hydrogen-bond donors (Lipinski definition) is 1. The Bertz CT molecular complexity index is 594. The van der Waals surface area contributed by atoms with Crippen LogP contribution in [-0.2, 0) is 5.41 Å². The summed E-state index contributed by atoms with van der Waals surface area (Å²) >= 11 is 3.45. The van der Waals surface area contributed by atoms with Crippen molar-refractivity contribution in [2.24, 2.45) is 0 Å². The standard InChI is InChI=1S/C18H21BrFN/c1-18(2,3)13-10-8-12(9-11-13)17(21-4)16-14(19)6-5-7-15(16)20/h5-11,17,21H,1-4H3. The van der Waals surface area contributed by atoms with E-state index in [1.807, 2.05) is 13.1 Å². The molecule has 0 radical (unpaired) electrons. The van der Waals surface area contributed by atoms with Crippen LogP contribution in [0.3, 0.4) is 0 Å². The van der Waals surface area contributed by atoms with Crippen molar-refractivity contribution in [1.29, 1.82) is 0 Å². The van der Waals surface area contributed by atoms with Gasteiger partial charge in [-0.2, -0.15) is 0 Å². The zero-order chi connectivity index (χ0) is 15.6. The van der Waals surface area contributed by atoms with Crippen LogP contribution in [0.15, 0.2) is 46.9 Å². The molecule has 1 N–H and O–H groups in total. The molecule has 0 heterocycles. The molecule has 1 nitrogen and oxygen atoms in total. The highest BCUT2D eigenvalue weighted by Crippen LogP contribution is 2.32. The molecule has 0 aliphatic heterocycles. The van der Waals surface area contributed by atoms with Gasteiger partial charge < -0.3 is 5.32 Å². The molecule has 0 aromatic heterocycles. The topological polar surface area (TPSA) is 12.0 Å². The van der Waals surface area contributed by atoms with Crippen LogP contribution in [0, 0.1) is 5.82 Å². The molecule has 0 spiro atoms. The molecule has 2 aromatic carbocycles. The van der Waals surface area contributed by atoms with Crippen LogP contribution in [0.5, 0.6) is 0 Å². The molecule has 0 aliphatic rings. The molecule has 2 aromatic rings. The molecule has 0 saturated heterocycles. The molecule has 1 atom stereocenters. The Morgan fingerprint density at radius 2 is 1.67 bits per heavy atom. The average molecular weight is 350 g/mol. The zero-order valence-electron chi connectivity index (χ0n) is 12.9. The van der Waals surface area contributed by atoms with E-state index < -0.39 is 0 Å². The first kappa shape index (κ1) is 16.2. The molecule has 1 unspecified atom stereocenters. The fourth-order valence-electron chi connectivity index (χ4n) is 2.44. The Morgan fingerprint density at radius 1 is 1.05 bits per heavy atom. The maximum atomic E-state index is 14.2. The lowest BCUT2D eigenvalue weighted by molar-refractivity contribution is 0.571. The fourth-order valence-corrected chi connectivity index (χ4v) is 3.01. The Kier molecular flexibility index (Phi) is 4.84. The van der Waals surface area contributed by atoms with E-state index in [0.717, 1.165) is 10.0 Å². The van der Waals surface area contributed by atoms with Gasteiger partial charge in [-0.15, -0.1) is 0 Å². The van der Waals surface area contributed by atoms with Crippen molar-refractivity contribution < 1.29 is 4.39 Å². The summed E-state index contributed by atoms with van der Waals surface area (Å²) in [5.74, 6) is -0.205. The van der Waals surface area contributed by atoms with Crippen LogP contribution in [0.4, 0.5) is 4.39 Å². The second-order valence-corrected chi connectivity index (χ2v) is 7.08. The zero-order valence-corrected chi connectivity index (χ0v) is 14.5. The minimum absolute atomic E-state index is 0.117. The van der Waals surface area contributed by atoms with Gasteiger partial charge in [0.05, 0.1) is 6.04 Å². The van der Waals surface area contributed by atoms with Crippen molar-refractivity contribution in [3.8, 4) is 0 Å². The average Bonchev–Trinajstić information content (AvgIpc) is 2.42. The monoisotopic (exact) mass is 349 g/mol. The van der Waals surface area contributed by atoms with Gasteiger partial charge >= 0.3 is 0 Å². The van der Waals surface area contributed by atoms with Crippen LogP contribution >= 0.6 is 15.9 Å². The summed E-state index contributed by atoms with van der Waals surface area (Å²) in [6, 6.07) is 13.3. The van der Waals surface area contributed by atoms with Crippen LogP contribution in [0.1, 0.15) is 43.5 Å². The third-order valence-corrected chi connectivity index (χ3v) is 4.38. The first-order chi connectivity index (χ1) is 9.84. The highest BCUT2D eigenvalue weighted by atomic mass is 79.9. The van der Waals surface area contributed by atoms with E-state index in [2.05, 4.69) is 66.3 Å². The van der Waals surface area contributed by atoms with E-state index in [9.17, 15) is 4.39 Å². The number of benzene rings is 2. The van der Waals surface area contributed by atoms with Crippen LogP contribution < -0.4 is 5.32 Å². The molecule has 112 valence electrons. The van der Waals surface area contributed by atoms with Crippen LogP contribution in [-0.4, -0.2) is 7.05 Å². The van der Waals surface area contributed by atoms with Crippen molar-refractivity contribution in [3.05, 3.63) is 69.4 Å². The normalized spacial score (nSPS) is 13.2. The molecular weight excluding hydrogens is 329 g/mol. The minimum Gasteiger partial charge on any atom is -0.309 e. The maximum Gasteiger partial charge on any atom is 0.129 e. The minimum atomic E-state index is -0.205.